The molecule has 1 fully saturated rings. The third-order valence-corrected chi connectivity index (χ3v) is 4.83. The number of hydrogen-bond donors (Lipinski definition) is 0. The van der Waals surface area contributed by atoms with Crippen LogP contribution in [0, 0.1) is 0 Å². The number of rotatable bonds is 8. The highest BCUT2D eigenvalue weighted by Gasteiger charge is 2.34. The minimum atomic E-state index is -0.396. The van der Waals surface area contributed by atoms with E-state index in [0.717, 1.165) is 12.1 Å². The smallest absolute Gasteiger partial charge is 0.344 e. The Bertz CT molecular complexity index is 579. The third kappa shape index (κ3) is 4.88. The number of thioether (sulfide) groups is 1. The number of nitrogens with zero attached hydrogens (tertiary/aromatic N) is 2. The Hall–Kier alpha value is -1.73. The molecule has 1 heterocycles. The lowest BCUT2D eigenvalue weighted by Gasteiger charge is -2.26. The Labute approximate surface area is 147 Å². The van der Waals surface area contributed by atoms with Crippen molar-refractivity contribution in [2.45, 2.75) is 12.3 Å². The summed E-state index contributed by atoms with van der Waals surface area (Å²) in [7, 11) is 3.97. The van der Waals surface area contributed by atoms with Crippen LogP contribution in [0.1, 0.15) is 17.9 Å². The Morgan fingerprint density at radius 1 is 1.38 bits per heavy atom. The predicted molar refractivity (Wildman–Crippen MR) is 94.0 cm³/mol. The molecule has 0 radical (unpaired) electrons. The van der Waals surface area contributed by atoms with E-state index in [1.165, 1.54) is 0 Å². The van der Waals surface area contributed by atoms with Gasteiger partial charge in [0.1, 0.15) is 11.1 Å². The van der Waals surface area contributed by atoms with Crippen LogP contribution in [0.4, 0.5) is 0 Å². The quantitative estimate of drug-likeness (QED) is 0.665. The maximum atomic E-state index is 12.2. The van der Waals surface area contributed by atoms with Crippen molar-refractivity contribution >= 4 is 23.6 Å². The minimum absolute atomic E-state index is 0.0872. The molecule has 1 aromatic rings. The zero-order valence-electron chi connectivity index (χ0n) is 14.4. The SMILES string of the molecule is CCOC(=O)COc1ccccc1C1SCC(=O)N1CCN(C)C. The minimum Gasteiger partial charge on any atom is -0.482 e. The van der Waals surface area contributed by atoms with Gasteiger partial charge in [0, 0.05) is 18.7 Å². The molecule has 1 unspecified atom stereocenters. The Morgan fingerprint density at radius 3 is 2.83 bits per heavy atom. The van der Waals surface area contributed by atoms with Crippen LogP contribution in [0.25, 0.3) is 0 Å². The van der Waals surface area contributed by atoms with Crippen LogP contribution in [0.2, 0.25) is 0 Å². The fourth-order valence-corrected chi connectivity index (χ4v) is 3.66. The van der Waals surface area contributed by atoms with Crippen molar-refractivity contribution in [2.75, 3.05) is 46.2 Å². The molecule has 132 valence electrons. The third-order valence-electron chi connectivity index (χ3n) is 3.59. The van der Waals surface area contributed by atoms with Gasteiger partial charge in [-0.05, 0) is 27.1 Å². The van der Waals surface area contributed by atoms with Crippen LogP contribution in [0.3, 0.4) is 0 Å². The summed E-state index contributed by atoms with van der Waals surface area (Å²) in [6, 6.07) is 7.54. The van der Waals surface area contributed by atoms with Crippen molar-refractivity contribution in [1.29, 1.82) is 0 Å². The molecule has 1 aliphatic rings. The van der Waals surface area contributed by atoms with E-state index in [9.17, 15) is 9.59 Å². The standard InChI is InChI=1S/C17H24N2O4S/c1-4-22-16(21)11-23-14-8-6-5-7-13(14)17-19(10-9-18(2)3)15(20)12-24-17/h5-8,17H,4,9-12H2,1-3H3. The second-order valence-electron chi connectivity index (χ2n) is 5.69. The summed E-state index contributed by atoms with van der Waals surface area (Å²) in [4.78, 5) is 27.6. The van der Waals surface area contributed by atoms with E-state index >= 15 is 0 Å². The fourth-order valence-electron chi connectivity index (χ4n) is 2.42. The zero-order valence-corrected chi connectivity index (χ0v) is 15.2. The van der Waals surface area contributed by atoms with Gasteiger partial charge >= 0.3 is 5.97 Å². The first-order valence-corrected chi connectivity index (χ1v) is 9.01. The number of carbonyl (C=O) groups excluding carboxylic acids is 2. The predicted octanol–water partition coefficient (Wildman–Crippen LogP) is 1.76. The van der Waals surface area contributed by atoms with E-state index in [1.54, 1.807) is 18.7 Å². The molecule has 6 nitrogen and oxygen atoms in total. The summed E-state index contributed by atoms with van der Waals surface area (Å²) < 4.78 is 10.5. The lowest BCUT2D eigenvalue weighted by molar-refractivity contribution is -0.145. The second kappa shape index (κ2) is 8.94. The van der Waals surface area contributed by atoms with Gasteiger partial charge in [0.25, 0.3) is 0 Å². The maximum Gasteiger partial charge on any atom is 0.344 e. The summed E-state index contributed by atoms with van der Waals surface area (Å²) >= 11 is 1.58. The normalized spacial score (nSPS) is 17.4. The fraction of sp³-hybridized carbons (Fsp3) is 0.529. The number of esters is 1. The highest BCUT2D eigenvalue weighted by molar-refractivity contribution is 8.00. The first-order chi connectivity index (χ1) is 11.5. The van der Waals surface area contributed by atoms with Gasteiger partial charge in [0.05, 0.1) is 12.4 Å². The second-order valence-corrected chi connectivity index (χ2v) is 6.75. The van der Waals surface area contributed by atoms with Gasteiger partial charge in [0.15, 0.2) is 6.61 Å². The van der Waals surface area contributed by atoms with Crippen LogP contribution < -0.4 is 4.74 Å². The number of likely N-dealkylation sites (N-methyl/N-ethyl adjacent to an activating group) is 1. The van der Waals surface area contributed by atoms with Crippen molar-refractivity contribution in [1.82, 2.24) is 9.80 Å². The molecular weight excluding hydrogens is 328 g/mol. The molecule has 1 aliphatic heterocycles. The average Bonchev–Trinajstić information content (AvgIpc) is 2.92. The molecule has 0 spiro atoms. The van der Waals surface area contributed by atoms with E-state index in [-0.39, 0.29) is 17.9 Å². The molecule has 0 aliphatic carbocycles. The molecule has 1 saturated heterocycles. The van der Waals surface area contributed by atoms with Crippen molar-refractivity contribution in [3.8, 4) is 5.75 Å². The molecule has 1 atom stereocenters. The van der Waals surface area contributed by atoms with Crippen molar-refractivity contribution in [2.24, 2.45) is 0 Å². The lowest BCUT2D eigenvalue weighted by atomic mass is 10.2. The first kappa shape index (κ1) is 18.6. The highest BCUT2D eigenvalue weighted by Crippen LogP contribution is 2.42. The number of carbonyl (C=O) groups is 2. The summed E-state index contributed by atoms with van der Waals surface area (Å²) in [6.45, 7) is 3.42. The van der Waals surface area contributed by atoms with Gasteiger partial charge in [-0.15, -0.1) is 11.8 Å². The zero-order chi connectivity index (χ0) is 17.5. The molecule has 1 amide bonds. The highest BCUT2D eigenvalue weighted by atomic mass is 32.2. The first-order valence-electron chi connectivity index (χ1n) is 7.96. The molecular formula is C17H24N2O4S. The lowest BCUT2D eigenvalue weighted by Crippen LogP contribution is -2.34. The Morgan fingerprint density at radius 2 is 2.12 bits per heavy atom. The van der Waals surface area contributed by atoms with Crippen LogP contribution >= 0.6 is 11.8 Å². The van der Waals surface area contributed by atoms with E-state index in [4.69, 9.17) is 9.47 Å². The van der Waals surface area contributed by atoms with E-state index < -0.39 is 5.97 Å². The van der Waals surface area contributed by atoms with Gasteiger partial charge in [-0.3, -0.25) is 4.79 Å². The molecule has 0 bridgehead atoms. The summed E-state index contributed by atoms with van der Waals surface area (Å²) in [6.07, 6.45) is 0. The van der Waals surface area contributed by atoms with Gasteiger partial charge in [-0.1, -0.05) is 18.2 Å². The maximum absolute atomic E-state index is 12.2. The summed E-state index contributed by atoms with van der Waals surface area (Å²) in [5.41, 5.74) is 0.913. The molecule has 2 rings (SSSR count). The van der Waals surface area contributed by atoms with Crippen LogP contribution in [-0.2, 0) is 14.3 Å². The van der Waals surface area contributed by atoms with Crippen molar-refractivity contribution in [3.63, 3.8) is 0 Å². The summed E-state index contributed by atoms with van der Waals surface area (Å²) in [5.74, 6) is 0.816. The van der Waals surface area contributed by atoms with Crippen LogP contribution in [-0.4, -0.2) is 67.8 Å². The van der Waals surface area contributed by atoms with Crippen LogP contribution in [0.15, 0.2) is 24.3 Å². The van der Waals surface area contributed by atoms with E-state index in [0.29, 0.717) is 24.7 Å². The van der Waals surface area contributed by atoms with Gasteiger partial charge in [-0.2, -0.15) is 0 Å². The largest absolute Gasteiger partial charge is 0.482 e. The van der Waals surface area contributed by atoms with E-state index in [1.807, 2.05) is 43.3 Å². The van der Waals surface area contributed by atoms with Crippen molar-refractivity contribution in [3.05, 3.63) is 29.8 Å². The molecule has 0 N–H and O–H groups in total. The van der Waals surface area contributed by atoms with Gasteiger partial charge in [-0.25, -0.2) is 4.79 Å². The number of para-hydroxylation sites is 1. The Balaban J connectivity index is 2.12. The van der Waals surface area contributed by atoms with Gasteiger partial charge in [0.2, 0.25) is 5.91 Å². The molecule has 1 aromatic carbocycles. The van der Waals surface area contributed by atoms with Crippen molar-refractivity contribution < 1.29 is 19.1 Å². The van der Waals surface area contributed by atoms with E-state index in [2.05, 4.69) is 4.90 Å². The number of hydrogen-bond acceptors (Lipinski definition) is 6. The van der Waals surface area contributed by atoms with Crippen LogP contribution in [0.5, 0.6) is 5.75 Å². The molecule has 0 aromatic heterocycles. The summed E-state index contributed by atoms with van der Waals surface area (Å²) in [5, 5.41) is -0.0872. The average molecular weight is 352 g/mol. The number of benzene rings is 1. The topological polar surface area (TPSA) is 59.1 Å². The molecule has 24 heavy (non-hydrogen) atoms. The molecule has 7 heteroatoms. The molecule has 0 saturated carbocycles. The number of ether oxygens (including phenoxy) is 2. The Kier molecular flexibility index (Phi) is 6.93. The monoisotopic (exact) mass is 352 g/mol. The van der Waals surface area contributed by atoms with Gasteiger partial charge < -0.3 is 19.3 Å². The number of amides is 1.